The second kappa shape index (κ2) is 3.42. The molecule has 0 atom stereocenters. The first kappa shape index (κ1) is 9.04. The van der Waals surface area contributed by atoms with E-state index in [1.165, 1.54) is 0 Å². The fourth-order valence-corrected chi connectivity index (χ4v) is 1.74. The highest BCUT2D eigenvalue weighted by Gasteiger charge is 2.30. The maximum atomic E-state index is 9.17. The van der Waals surface area contributed by atoms with Crippen molar-refractivity contribution < 1.29 is 0 Å². The Bertz CT molecular complexity index is 547. The molecule has 0 unspecified atom stereocenters. The van der Waals surface area contributed by atoms with Crippen molar-refractivity contribution in [2.45, 2.75) is 18.8 Å². The molecule has 0 amide bonds. The summed E-state index contributed by atoms with van der Waals surface area (Å²) in [6.07, 6.45) is 7.09. The molecular formula is C11H9N5. The van der Waals surface area contributed by atoms with Crippen LogP contribution in [0.1, 0.15) is 30.0 Å². The van der Waals surface area contributed by atoms with Gasteiger partial charge in [-0.3, -0.25) is 15.1 Å². The van der Waals surface area contributed by atoms with Crippen molar-refractivity contribution >= 4 is 0 Å². The minimum Gasteiger partial charge on any atom is -0.280 e. The summed E-state index contributed by atoms with van der Waals surface area (Å²) in [5.74, 6) is 0.479. The number of hydrogen-bond donors (Lipinski definition) is 1. The Kier molecular flexibility index (Phi) is 1.93. The van der Waals surface area contributed by atoms with Gasteiger partial charge in [0.1, 0.15) is 23.0 Å². The van der Waals surface area contributed by atoms with E-state index in [9.17, 15) is 0 Å². The molecule has 16 heavy (non-hydrogen) atoms. The fraction of sp³-hybridized carbons (Fsp3) is 0.273. The SMILES string of the molecule is N#Cc1c(-c2cnccn2)n[nH]c1C1CC1. The summed E-state index contributed by atoms with van der Waals surface area (Å²) in [4.78, 5) is 8.13. The van der Waals surface area contributed by atoms with Gasteiger partial charge in [-0.2, -0.15) is 10.4 Å². The molecule has 0 spiro atoms. The van der Waals surface area contributed by atoms with E-state index in [4.69, 9.17) is 5.26 Å². The molecule has 5 heteroatoms. The lowest BCUT2D eigenvalue weighted by Crippen LogP contribution is -1.88. The van der Waals surface area contributed by atoms with E-state index >= 15 is 0 Å². The number of aromatic amines is 1. The normalized spacial score (nSPS) is 14.7. The van der Waals surface area contributed by atoms with Gasteiger partial charge in [0.2, 0.25) is 0 Å². The van der Waals surface area contributed by atoms with E-state index in [1.54, 1.807) is 18.6 Å². The molecule has 1 aliphatic rings. The van der Waals surface area contributed by atoms with Crippen molar-refractivity contribution in [2.75, 3.05) is 0 Å². The predicted molar refractivity (Wildman–Crippen MR) is 56.3 cm³/mol. The van der Waals surface area contributed by atoms with Crippen molar-refractivity contribution in [1.82, 2.24) is 20.2 Å². The summed E-state index contributed by atoms with van der Waals surface area (Å²) in [6.45, 7) is 0. The van der Waals surface area contributed by atoms with Crippen LogP contribution in [0, 0.1) is 11.3 Å². The highest BCUT2D eigenvalue weighted by molar-refractivity contribution is 5.64. The minimum absolute atomic E-state index is 0.479. The third kappa shape index (κ3) is 1.36. The topological polar surface area (TPSA) is 78.2 Å². The summed E-state index contributed by atoms with van der Waals surface area (Å²) in [5, 5.41) is 16.3. The predicted octanol–water partition coefficient (Wildman–Crippen LogP) is 1.62. The maximum absolute atomic E-state index is 9.17. The highest BCUT2D eigenvalue weighted by Crippen LogP contribution is 2.42. The van der Waals surface area contributed by atoms with E-state index in [2.05, 4.69) is 26.2 Å². The molecule has 1 saturated carbocycles. The molecule has 0 aromatic carbocycles. The zero-order valence-corrected chi connectivity index (χ0v) is 8.51. The number of nitrogens with one attached hydrogen (secondary N) is 1. The Labute approximate surface area is 92.2 Å². The summed E-state index contributed by atoms with van der Waals surface area (Å²) in [7, 11) is 0. The average molecular weight is 211 g/mol. The zero-order chi connectivity index (χ0) is 11.0. The third-order valence-corrected chi connectivity index (χ3v) is 2.70. The third-order valence-electron chi connectivity index (χ3n) is 2.70. The molecule has 1 N–H and O–H groups in total. The van der Waals surface area contributed by atoms with Gasteiger partial charge in [-0.05, 0) is 12.8 Å². The molecule has 2 heterocycles. The highest BCUT2D eigenvalue weighted by atomic mass is 15.1. The monoisotopic (exact) mass is 211 g/mol. The fourth-order valence-electron chi connectivity index (χ4n) is 1.74. The molecule has 3 rings (SSSR count). The molecular weight excluding hydrogens is 202 g/mol. The van der Waals surface area contributed by atoms with Gasteiger partial charge in [-0.25, -0.2) is 0 Å². The van der Waals surface area contributed by atoms with Crippen molar-refractivity contribution in [3.8, 4) is 17.5 Å². The molecule has 0 aliphatic heterocycles. The van der Waals surface area contributed by atoms with Crippen LogP contribution in [0.25, 0.3) is 11.4 Å². The zero-order valence-electron chi connectivity index (χ0n) is 8.51. The largest absolute Gasteiger partial charge is 0.280 e. The lowest BCUT2D eigenvalue weighted by molar-refractivity contribution is 0.962. The molecule has 1 fully saturated rings. The Hall–Kier alpha value is -2.22. The van der Waals surface area contributed by atoms with Gasteiger partial charge in [0.15, 0.2) is 0 Å². The van der Waals surface area contributed by atoms with E-state index in [1.807, 2.05) is 0 Å². The van der Waals surface area contributed by atoms with E-state index < -0.39 is 0 Å². The van der Waals surface area contributed by atoms with Gasteiger partial charge in [-0.1, -0.05) is 0 Å². The second-order valence-electron chi connectivity index (χ2n) is 3.84. The summed E-state index contributed by atoms with van der Waals surface area (Å²) in [5.41, 5.74) is 2.81. The van der Waals surface area contributed by atoms with Crippen LogP contribution in [-0.4, -0.2) is 20.2 Å². The first-order valence-corrected chi connectivity index (χ1v) is 5.15. The van der Waals surface area contributed by atoms with E-state index in [-0.39, 0.29) is 0 Å². The molecule has 0 saturated heterocycles. The van der Waals surface area contributed by atoms with Crippen LogP contribution in [0.4, 0.5) is 0 Å². The van der Waals surface area contributed by atoms with Crippen LogP contribution in [0.15, 0.2) is 18.6 Å². The average Bonchev–Trinajstić information content (AvgIpc) is 3.09. The van der Waals surface area contributed by atoms with Gasteiger partial charge in [0, 0.05) is 18.3 Å². The lowest BCUT2D eigenvalue weighted by Gasteiger charge is -1.95. The van der Waals surface area contributed by atoms with Gasteiger partial charge < -0.3 is 0 Å². The quantitative estimate of drug-likeness (QED) is 0.818. The molecule has 0 bridgehead atoms. The number of H-pyrrole nitrogens is 1. The number of rotatable bonds is 2. The summed E-state index contributed by atoms with van der Waals surface area (Å²) in [6, 6.07) is 2.20. The Morgan fingerprint density at radius 2 is 2.25 bits per heavy atom. The Balaban J connectivity index is 2.12. The van der Waals surface area contributed by atoms with Crippen LogP contribution in [-0.2, 0) is 0 Å². The van der Waals surface area contributed by atoms with Crippen LogP contribution < -0.4 is 0 Å². The molecule has 78 valence electrons. The van der Waals surface area contributed by atoms with Crippen LogP contribution >= 0.6 is 0 Å². The van der Waals surface area contributed by atoms with Gasteiger partial charge in [0.25, 0.3) is 0 Å². The van der Waals surface area contributed by atoms with Crippen LogP contribution in [0.3, 0.4) is 0 Å². The summed E-state index contributed by atoms with van der Waals surface area (Å²) >= 11 is 0. The second-order valence-corrected chi connectivity index (χ2v) is 3.84. The maximum Gasteiger partial charge on any atom is 0.130 e. The van der Waals surface area contributed by atoms with Crippen molar-refractivity contribution in [2.24, 2.45) is 0 Å². The molecule has 2 aromatic heterocycles. The Morgan fingerprint density at radius 3 is 2.88 bits per heavy atom. The van der Waals surface area contributed by atoms with Gasteiger partial charge in [0.05, 0.1) is 11.9 Å². The van der Waals surface area contributed by atoms with Crippen molar-refractivity contribution in [1.29, 1.82) is 5.26 Å². The first-order valence-electron chi connectivity index (χ1n) is 5.15. The molecule has 5 nitrogen and oxygen atoms in total. The summed E-state index contributed by atoms with van der Waals surface area (Å²) < 4.78 is 0. The van der Waals surface area contributed by atoms with Crippen molar-refractivity contribution in [3.63, 3.8) is 0 Å². The van der Waals surface area contributed by atoms with E-state index in [0.29, 0.717) is 22.9 Å². The van der Waals surface area contributed by atoms with Crippen molar-refractivity contribution in [3.05, 3.63) is 29.8 Å². The van der Waals surface area contributed by atoms with Gasteiger partial charge >= 0.3 is 0 Å². The van der Waals surface area contributed by atoms with Crippen LogP contribution in [0.2, 0.25) is 0 Å². The lowest BCUT2D eigenvalue weighted by atomic mass is 10.1. The first-order chi connectivity index (χ1) is 7.90. The van der Waals surface area contributed by atoms with Gasteiger partial charge in [-0.15, -0.1) is 0 Å². The van der Waals surface area contributed by atoms with E-state index in [0.717, 1.165) is 18.5 Å². The molecule has 0 radical (unpaired) electrons. The number of nitrogens with zero attached hydrogens (tertiary/aromatic N) is 4. The Morgan fingerprint density at radius 1 is 1.38 bits per heavy atom. The minimum atomic E-state index is 0.479. The number of aromatic nitrogens is 4. The smallest absolute Gasteiger partial charge is 0.130 e. The van der Waals surface area contributed by atoms with Crippen LogP contribution in [0.5, 0.6) is 0 Å². The molecule has 1 aliphatic carbocycles. The standard InChI is InChI=1S/C11H9N5/c12-5-8-10(7-1-2-7)15-16-11(8)9-6-13-3-4-14-9/h3-4,6-7H,1-2H2,(H,15,16). The number of nitriles is 1. The number of hydrogen-bond acceptors (Lipinski definition) is 4. The molecule has 2 aromatic rings.